The Morgan fingerprint density at radius 1 is 1.53 bits per heavy atom. The average molecular weight is 212 g/mol. The van der Waals surface area contributed by atoms with Crippen LogP contribution in [0.15, 0.2) is 0 Å². The minimum atomic E-state index is -0.0491. The summed E-state index contributed by atoms with van der Waals surface area (Å²) < 4.78 is 0. The molecule has 0 heterocycles. The molecule has 0 aromatic rings. The highest BCUT2D eigenvalue weighted by Crippen LogP contribution is 2.26. The van der Waals surface area contributed by atoms with E-state index >= 15 is 0 Å². The molecule has 3 heteroatoms. The van der Waals surface area contributed by atoms with Crippen LogP contribution in [-0.2, 0) is 4.79 Å². The van der Waals surface area contributed by atoms with E-state index in [9.17, 15) is 4.79 Å². The van der Waals surface area contributed by atoms with Gasteiger partial charge in [-0.25, -0.2) is 0 Å². The van der Waals surface area contributed by atoms with E-state index in [2.05, 4.69) is 12.2 Å². The quantitative estimate of drug-likeness (QED) is 0.744. The van der Waals surface area contributed by atoms with Gasteiger partial charge in [-0.2, -0.15) is 0 Å². The van der Waals surface area contributed by atoms with Crippen molar-refractivity contribution in [3.8, 4) is 0 Å². The molecule has 0 aromatic carbocycles. The maximum atomic E-state index is 11.6. The standard InChI is InChI=1S/C12H24N2O/c1-3-10-5-4-6-11(7-10)14-12(15)9(2)8-13/h9-11H,3-8,13H2,1-2H3,(H,14,15). The molecule has 3 nitrogen and oxygen atoms in total. The summed E-state index contributed by atoms with van der Waals surface area (Å²) in [6.07, 6.45) is 6.10. The van der Waals surface area contributed by atoms with Gasteiger partial charge in [-0.15, -0.1) is 0 Å². The molecular formula is C12H24N2O. The third kappa shape index (κ3) is 3.82. The highest BCUT2D eigenvalue weighted by atomic mass is 16.1. The van der Waals surface area contributed by atoms with Crippen LogP contribution in [0, 0.1) is 11.8 Å². The topological polar surface area (TPSA) is 55.1 Å². The van der Waals surface area contributed by atoms with Crippen LogP contribution in [0.4, 0.5) is 0 Å². The van der Waals surface area contributed by atoms with E-state index in [1.165, 1.54) is 19.3 Å². The van der Waals surface area contributed by atoms with Crippen molar-refractivity contribution >= 4 is 5.91 Å². The molecule has 1 saturated carbocycles. The van der Waals surface area contributed by atoms with E-state index in [0.717, 1.165) is 18.8 Å². The van der Waals surface area contributed by atoms with Crippen LogP contribution in [0.5, 0.6) is 0 Å². The van der Waals surface area contributed by atoms with E-state index in [-0.39, 0.29) is 11.8 Å². The van der Waals surface area contributed by atoms with Gasteiger partial charge in [0.05, 0.1) is 0 Å². The second-order valence-electron chi connectivity index (χ2n) is 4.78. The van der Waals surface area contributed by atoms with Gasteiger partial charge in [-0.05, 0) is 18.8 Å². The lowest BCUT2D eigenvalue weighted by Crippen LogP contribution is -2.42. The molecular weight excluding hydrogens is 188 g/mol. The average Bonchev–Trinajstić information content (AvgIpc) is 2.28. The Morgan fingerprint density at radius 2 is 2.27 bits per heavy atom. The summed E-state index contributed by atoms with van der Waals surface area (Å²) in [4.78, 5) is 11.6. The fourth-order valence-electron chi connectivity index (χ4n) is 2.24. The molecule has 0 saturated heterocycles. The van der Waals surface area contributed by atoms with E-state index in [0.29, 0.717) is 12.6 Å². The largest absolute Gasteiger partial charge is 0.353 e. The Labute approximate surface area is 92.8 Å². The summed E-state index contributed by atoms with van der Waals surface area (Å²) in [7, 11) is 0. The second-order valence-corrected chi connectivity index (χ2v) is 4.78. The molecule has 3 atom stereocenters. The molecule has 0 bridgehead atoms. The van der Waals surface area contributed by atoms with Gasteiger partial charge in [0.15, 0.2) is 0 Å². The van der Waals surface area contributed by atoms with Gasteiger partial charge in [0.1, 0.15) is 0 Å². The molecule has 1 aliphatic rings. The highest BCUT2D eigenvalue weighted by molar-refractivity contribution is 5.78. The Hall–Kier alpha value is -0.570. The first-order chi connectivity index (χ1) is 7.17. The molecule has 88 valence electrons. The zero-order valence-electron chi connectivity index (χ0n) is 9.96. The number of carbonyl (C=O) groups is 1. The SMILES string of the molecule is CCC1CCCC(NC(=O)C(C)CN)C1. The second kappa shape index (κ2) is 6.11. The van der Waals surface area contributed by atoms with Crippen LogP contribution in [0.3, 0.4) is 0 Å². The van der Waals surface area contributed by atoms with Crippen molar-refractivity contribution < 1.29 is 4.79 Å². The first-order valence-electron chi connectivity index (χ1n) is 6.17. The van der Waals surface area contributed by atoms with E-state index < -0.39 is 0 Å². The number of nitrogens with two attached hydrogens (primary N) is 1. The van der Waals surface area contributed by atoms with Crippen molar-refractivity contribution in [2.75, 3.05) is 6.54 Å². The lowest BCUT2D eigenvalue weighted by molar-refractivity contribution is -0.125. The normalized spacial score (nSPS) is 28.5. The smallest absolute Gasteiger partial charge is 0.224 e. The lowest BCUT2D eigenvalue weighted by atomic mass is 9.84. The summed E-state index contributed by atoms with van der Waals surface area (Å²) >= 11 is 0. The summed E-state index contributed by atoms with van der Waals surface area (Å²) in [5, 5.41) is 3.11. The number of hydrogen-bond donors (Lipinski definition) is 2. The van der Waals surface area contributed by atoms with Gasteiger partial charge >= 0.3 is 0 Å². The van der Waals surface area contributed by atoms with Gasteiger partial charge in [0.2, 0.25) is 5.91 Å². The van der Waals surface area contributed by atoms with Crippen LogP contribution < -0.4 is 11.1 Å². The number of amides is 1. The number of hydrogen-bond acceptors (Lipinski definition) is 2. The van der Waals surface area contributed by atoms with Gasteiger partial charge < -0.3 is 11.1 Å². The third-order valence-corrected chi connectivity index (χ3v) is 3.51. The number of rotatable bonds is 4. The van der Waals surface area contributed by atoms with Gasteiger partial charge in [0.25, 0.3) is 0 Å². The highest BCUT2D eigenvalue weighted by Gasteiger charge is 2.23. The Bertz CT molecular complexity index is 206. The van der Waals surface area contributed by atoms with Crippen molar-refractivity contribution in [1.82, 2.24) is 5.32 Å². The molecule has 1 amide bonds. The van der Waals surface area contributed by atoms with Gasteiger partial charge in [-0.3, -0.25) is 4.79 Å². The van der Waals surface area contributed by atoms with Crippen LogP contribution in [0.1, 0.15) is 46.0 Å². The maximum absolute atomic E-state index is 11.6. The van der Waals surface area contributed by atoms with Crippen molar-refractivity contribution in [3.05, 3.63) is 0 Å². The first-order valence-corrected chi connectivity index (χ1v) is 6.17. The van der Waals surface area contributed by atoms with E-state index in [1.54, 1.807) is 0 Å². The zero-order chi connectivity index (χ0) is 11.3. The molecule has 1 rings (SSSR count). The fraction of sp³-hybridized carbons (Fsp3) is 0.917. The first kappa shape index (κ1) is 12.5. The molecule has 3 N–H and O–H groups in total. The summed E-state index contributed by atoms with van der Waals surface area (Å²) in [6.45, 7) is 4.56. The summed E-state index contributed by atoms with van der Waals surface area (Å²) in [5.74, 6) is 0.878. The van der Waals surface area contributed by atoms with Crippen LogP contribution in [0.2, 0.25) is 0 Å². The molecule has 0 aromatic heterocycles. The summed E-state index contributed by atoms with van der Waals surface area (Å²) in [5.41, 5.74) is 5.47. The van der Waals surface area contributed by atoms with Gasteiger partial charge in [-0.1, -0.05) is 33.1 Å². The Balaban J connectivity index is 2.34. The maximum Gasteiger partial charge on any atom is 0.224 e. The predicted octanol–water partition coefficient (Wildman–Crippen LogP) is 1.67. The molecule has 1 aliphatic carbocycles. The fourth-order valence-corrected chi connectivity index (χ4v) is 2.24. The molecule has 15 heavy (non-hydrogen) atoms. The van der Waals surface area contributed by atoms with Crippen LogP contribution >= 0.6 is 0 Å². The van der Waals surface area contributed by atoms with Crippen molar-refractivity contribution in [3.63, 3.8) is 0 Å². The van der Waals surface area contributed by atoms with Crippen molar-refractivity contribution in [1.29, 1.82) is 0 Å². The van der Waals surface area contributed by atoms with Gasteiger partial charge in [0, 0.05) is 18.5 Å². The number of carbonyl (C=O) groups excluding carboxylic acids is 1. The molecule has 0 spiro atoms. The van der Waals surface area contributed by atoms with E-state index in [1.807, 2.05) is 6.92 Å². The van der Waals surface area contributed by atoms with Crippen molar-refractivity contribution in [2.45, 2.75) is 52.0 Å². The monoisotopic (exact) mass is 212 g/mol. The third-order valence-electron chi connectivity index (χ3n) is 3.51. The predicted molar refractivity (Wildman–Crippen MR) is 62.4 cm³/mol. The van der Waals surface area contributed by atoms with Crippen molar-refractivity contribution in [2.24, 2.45) is 17.6 Å². The Kier molecular flexibility index (Phi) is 5.09. The molecule has 0 aliphatic heterocycles. The molecule has 0 radical (unpaired) electrons. The molecule has 3 unspecified atom stereocenters. The van der Waals surface area contributed by atoms with Crippen LogP contribution in [-0.4, -0.2) is 18.5 Å². The zero-order valence-corrected chi connectivity index (χ0v) is 9.96. The van der Waals surface area contributed by atoms with E-state index in [4.69, 9.17) is 5.73 Å². The molecule has 1 fully saturated rings. The minimum Gasteiger partial charge on any atom is -0.353 e. The Morgan fingerprint density at radius 3 is 2.87 bits per heavy atom. The minimum absolute atomic E-state index is 0.0491. The summed E-state index contributed by atoms with van der Waals surface area (Å²) in [6, 6.07) is 0.394. The lowest BCUT2D eigenvalue weighted by Gasteiger charge is -2.29. The van der Waals surface area contributed by atoms with Crippen LogP contribution in [0.25, 0.3) is 0 Å². The number of nitrogens with one attached hydrogen (secondary N) is 1.